The highest BCUT2D eigenvalue weighted by atomic mass is 35.5. The normalized spacial score (nSPS) is 17.8. The summed E-state index contributed by atoms with van der Waals surface area (Å²) in [5, 5.41) is 6.37. The molecule has 0 saturated carbocycles. The molecule has 1 aliphatic heterocycles. The number of hydrogen-bond acceptors (Lipinski definition) is 4. The number of carbonyl (C=O) groups is 2. The van der Waals surface area contributed by atoms with Crippen LogP contribution in [0, 0.1) is 5.92 Å². The zero-order chi connectivity index (χ0) is 14.5. The van der Waals surface area contributed by atoms with E-state index in [0.717, 1.165) is 19.5 Å². The quantitative estimate of drug-likeness (QED) is 0.835. The molecule has 0 spiro atoms. The first kappa shape index (κ1) is 14.8. The number of benzene rings is 1. The van der Waals surface area contributed by atoms with Crippen LogP contribution in [0.4, 0.5) is 5.69 Å². The summed E-state index contributed by atoms with van der Waals surface area (Å²) in [4.78, 5) is 23.4. The Bertz CT molecular complexity index is 513. The van der Waals surface area contributed by atoms with Gasteiger partial charge in [-0.3, -0.25) is 4.79 Å². The summed E-state index contributed by atoms with van der Waals surface area (Å²) < 4.78 is 4.64. The third kappa shape index (κ3) is 3.71. The number of halogens is 1. The van der Waals surface area contributed by atoms with E-state index in [1.807, 2.05) is 0 Å². The topological polar surface area (TPSA) is 67.4 Å². The molecule has 0 bridgehead atoms. The monoisotopic (exact) mass is 296 g/mol. The number of methoxy groups -OCH3 is 1. The van der Waals surface area contributed by atoms with Crippen LogP contribution in [0.5, 0.6) is 0 Å². The van der Waals surface area contributed by atoms with Gasteiger partial charge in [0.25, 0.3) is 0 Å². The van der Waals surface area contributed by atoms with Crippen LogP contribution < -0.4 is 10.6 Å². The molecular weight excluding hydrogens is 280 g/mol. The van der Waals surface area contributed by atoms with Crippen LogP contribution >= 0.6 is 11.6 Å². The molecule has 20 heavy (non-hydrogen) atoms. The van der Waals surface area contributed by atoms with Gasteiger partial charge in [-0.15, -0.1) is 0 Å². The lowest BCUT2D eigenvalue weighted by molar-refractivity contribution is -0.116. The summed E-state index contributed by atoms with van der Waals surface area (Å²) in [7, 11) is 1.31. The standard InChI is InChI=1S/C14H17ClN2O3/c1-20-14(19)10-2-3-11(15)12(7-10)17-13(18)6-9-4-5-16-8-9/h2-3,7,9,16H,4-6,8H2,1H3,(H,17,18). The largest absolute Gasteiger partial charge is 0.465 e. The van der Waals surface area contributed by atoms with Crippen LogP contribution in [-0.2, 0) is 9.53 Å². The van der Waals surface area contributed by atoms with Gasteiger partial charge in [-0.25, -0.2) is 4.79 Å². The van der Waals surface area contributed by atoms with Gasteiger partial charge in [0.1, 0.15) is 0 Å². The van der Waals surface area contributed by atoms with Crippen LogP contribution in [-0.4, -0.2) is 32.1 Å². The third-order valence-corrected chi connectivity index (χ3v) is 3.63. The van der Waals surface area contributed by atoms with E-state index in [9.17, 15) is 9.59 Å². The van der Waals surface area contributed by atoms with Crippen molar-refractivity contribution in [3.8, 4) is 0 Å². The lowest BCUT2D eigenvalue weighted by atomic mass is 10.0. The predicted octanol–water partition coefficient (Wildman–Crippen LogP) is 2.06. The Morgan fingerprint density at radius 3 is 2.95 bits per heavy atom. The maximum Gasteiger partial charge on any atom is 0.337 e. The SMILES string of the molecule is COC(=O)c1ccc(Cl)c(NC(=O)CC2CCNC2)c1. The molecule has 6 heteroatoms. The van der Waals surface area contributed by atoms with E-state index in [2.05, 4.69) is 15.4 Å². The molecule has 1 atom stereocenters. The molecule has 1 fully saturated rings. The first-order valence-corrected chi connectivity index (χ1v) is 6.86. The van der Waals surface area contributed by atoms with Crippen LogP contribution in [0.25, 0.3) is 0 Å². The number of nitrogens with one attached hydrogen (secondary N) is 2. The van der Waals surface area contributed by atoms with Crippen molar-refractivity contribution in [2.24, 2.45) is 5.92 Å². The molecule has 1 aliphatic rings. The van der Waals surface area contributed by atoms with Crippen molar-refractivity contribution in [3.05, 3.63) is 28.8 Å². The van der Waals surface area contributed by atoms with Crippen LogP contribution in [0.15, 0.2) is 18.2 Å². The van der Waals surface area contributed by atoms with Crippen molar-refractivity contribution in [2.75, 3.05) is 25.5 Å². The van der Waals surface area contributed by atoms with E-state index in [1.54, 1.807) is 12.1 Å². The highest BCUT2D eigenvalue weighted by Gasteiger charge is 2.19. The van der Waals surface area contributed by atoms with Gasteiger partial charge in [0.05, 0.1) is 23.4 Å². The summed E-state index contributed by atoms with van der Waals surface area (Å²) in [6.45, 7) is 1.82. The van der Waals surface area contributed by atoms with E-state index >= 15 is 0 Å². The van der Waals surface area contributed by atoms with Crippen molar-refractivity contribution >= 4 is 29.2 Å². The fourth-order valence-electron chi connectivity index (χ4n) is 2.22. The zero-order valence-corrected chi connectivity index (χ0v) is 12.0. The molecule has 108 valence electrons. The Morgan fingerprint density at radius 1 is 1.50 bits per heavy atom. The molecule has 0 radical (unpaired) electrons. The highest BCUT2D eigenvalue weighted by molar-refractivity contribution is 6.33. The molecular formula is C14H17ClN2O3. The van der Waals surface area contributed by atoms with Crippen molar-refractivity contribution in [3.63, 3.8) is 0 Å². The van der Waals surface area contributed by atoms with Gasteiger partial charge in [0.2, 0.25) is 5.91 Å². The predicted molar refractivity (Wildman–Crippen MR) is 77.0 cm³/mol. The van der Waals surface area contributed by atoms with Gasteiger partial charge in [-0.2, -0.15) is 0 Å². The Balaban J connectivity index is 2.03. The van der Waals surface area contributed by atoms with Crippen LogP contribution in [0.3, 0.4) is 0 Å². The maximum atomic E-state index is 12.0. The first-order chi connectivity index (χ1) is 9.60. The zero-order valence-electron chi connectivity index (χ0n) is 11.2. The Hall–Kier alpha value is -1.59. The molecule has 1 aromatic carbocycles. The number of rotatable bonds is 4. The highest BCUT2D eigenvalue weighted by Crippen LogP contribution is 2.24. The lowest BCUT2D eigenvalue weighted by Gasteiger charge is -2.11. The van der Waals surface area contributed by atoms with Gasteiger partial charge in [0.15, 0.2) is 0 Å². The summed E-state index contributed by atoms with van der Waals surface area (Å²) in [6.07, 6.45) is 1.45. The summed E-state index contributed by atoms with van der Waals surface area (Å²) >= 11 is 6.03. The van der Waals surface area contributed by atoms with E-state index in [1.165, 1.54) is 13.2 Å². The van der Waals surface area contributed by atoms with Crippen molar-refractivity contribution in [2.45, 2.75) is 12.8 Å². The molecule has 2 N–H and O–H groups in total. The second-order valence-corrected chi connectivity index (χ2v) is 5.20. The van der Waals surface area contributed by atoms with Crippen LogP contribution in [0.2, 0.25) is 5.02 Å². The van der Waals surface area contributed by atoms with E-state index < -0.39 is 5.97 Å². The Kier molecular flexibility index (Phi) is 4.98. The average molecular weight is 297 g/mol. The molecule has 1 aromatic rings. The molecule has 1 amide bonds. The van der Waals surface area contributed by atoms with Crippen molar-refractivity contribution in [1.29, 1.82) is 0 Å². The smallest absolute Gasteiger partial charge is 0.337 e. The Morgan fingerprint density at radius 2 is 2.30 bits per heavy atom. The van der Waals surface area contributed by atoms with Crippen LogP contribution in [0.1, 0.15) is 23.2 Å². The molecule has 0 aliphatic carbocycles. The van der Waals surface area contributed by atoms with Gasteiger partial charge >= 0.3 is 5.97 Å². The van der Waals surface area contributed by atoms with Gasteiger partial charge < -0.3 is 15.4 Å². The first-order valence-electron chi connectivity index (χ1n) is 6.48. The number of anilines is 1. The van der Waals surface area contributed by atoms with E-state index in [0.29, 0.717) is 28.6 Å². The number of amides is 1. The van der Waals surface area contributed by atoms with Gasteiger partial charge in [0, 0.05) is 6.42 Å². The second kappa shape index (κ2) is 6.72. The van der Waals surface area contributed by atoms with E-state index in [-0.39, 0.29) is 5.91 Å². The van der Waals surface area contributed by atoms with Gasteiger partial charge in [-0.1, -0.05) is 11.6 Å². The molecule has 2 rings (SSSR count). The Labute approximate surface area is 122 Å². The minimum absolute atomic E-state index is 0.0948. The fraction of sp³-hybridized carbons (Fsp3) is 0.429. The number of ether oxygens (including phenoxy) is 1. The summed E-state index contributed by atoms with van der Waals surface area (Å²) in [5.74, 6) is -0.197. The number of carbonyl (C=O) groups excluding carboxylic acids is 2. The average Bonchev–Trinajstić information content (AvgIpc) is 2.93. The minimum atomic E-state index is -0.461. The molecule has 1 heterocycles. The molecule has 1 saturated heterocycles. The number of hydrogen-bond donors (Lipinski definition) is 2. The number of esters is 1. The molecule has 1 unspecified atom stereocenters. The van der Waals surface area contributed by atoms with Crippen molar-refractivity contribution < 1.29 is 14.3 Å². The minimum Gasteiger partial charge on any atom is -0.465 e. The van der Waals surface area contributed by atoms with Crippen molar-refractivity contribution in [1.82, 2.24) is 5.32 Å². The second-order valence-electron chi connectivity index (χ2n) is 4.80. The molecule has 5 nitrogen and oxygen atoms in total. The fourth-order valence-corrected chi connectivity index (χ4v) is 2.38. The van der Waals surface area contributed by atoms with E-state index in [4.69, 9.17) is 11.6 Å². The third-order valence-electron chi connectivity index (χ3n) is 3.30. The summed E-state index contributed by atoms with van der Waals surface area (Å²) in [6, 6.07) is 4.66. The molecule has 0 aromatic heterocycles. The maximum absolute atomic E-state index is 12.0. The lowest BCUT2D eigenvalue weighted by Crippen LogP contribution is -2.18. The summed E-state index contributed by atoms with van der Waals surface area (Å²) in [5.41, 5.74) is 0.792. The van der Waals surface area contributed by atoms with Gasteiger partial charge in [-0.05, 0) is 43.6 Å².